The highest BCUT2D eigenvalue weighted by Crippen LogP contribution is 2.24. The normalized spacial score (nSPS) is 14.8. The number of rotatable bonds is 6. The Hall–Kier alpha value is -1.10. The summed E-state index contributed by atoms with van der Waals surface area (Å²) in [6.45, 7) is 8.27. The minimum absolute atomic E-state index is 0.0222. The Balaban J connectivity index is 4.56. The van der Waals surface area contributed by atoms with Crippen molar-refractivity contribution in [3.8, 4) is 0 Å². The van der Waals surface area contributed by atoms with E-state index < -0.39 is 12.0 Å². The molecule has 3 N–H and O–H groups in total. The van der Waals surface area contributed by atoms with Gasteiger partial charge in [-0.15, -0.1) is 0 Å². The molecular formula is C13H26N2O3. The first-order chi connectivity index (χ1) is 8.25. The zero-order chi connectivity index (χ0) is 14.3. The number of amides is 1. The number of methoxy groups -OCH3 is 1. The lowest BCUT2D eigenvalue weighted by Gasteiger charge is -2.25. The number of nitrogens with two attached hydrogens (primary N) is 1. The van der Waals surface area contributed by atoms with Crippen LogP contribution in [0.3, 0.4) is 0 Å². The molecule has 0 aliphatic heterocycles. The molecule has 0 aromatic heterocycles. The van der Waals surface area contributed by atoms with Crippen molar-refractivity contribution in [2.75, 3.05) is 13.7 Å². The third-order valence-corrected chi connectivity index (χ3v) is 2.72. The number of carbonyl (C=O) groups is 2. The molecule has 5 nitrogen and oxygen atoms in total. The SMILES string of the molecule is CCC(NC(=O)C(CN)CC(C)(C)C)C(=O)OC. The summed E-state index contributed by atoms with van der Waals surface area (Å²) in [6, 6.07) is -0.587. The lowest BCUT2D eigenvalue weighted by atomic mass is 9.84. The second-order valence-electron chi connectivity index (χ2n) is 5.69. The van der Waals surface area contributed by atoms with Gasteiger partial charge in [0.05, 0.1) is 13.0 Å². The van der Waals surface area contributed by atoms with E-state index in [2.05, 4.69) is 30.8 Å². The van der Waals surface area contributed by atoms with Crippen molar-refractivity contribution in [3.05, 3.63) is 0 Å². The van der Waals surface area contributed by atoms with Crippen LogP contribution in [0.2, 0.25) is 0 Å². The molecule has 5 heteroatoms. The summed E-state index contributed by atoms with van der Waals surface area (Å²) < 4.78 is 4.63. The Morgan fingerprint density at radius 2 is 1.89 bits per heavy atom. The second-order valence-corrected chi connectivity index (χ2v) is 5.69. The van der Waals surface area contributed by atoms with Gasteiger partial charge >= 0.3 is 5.97 Å². The van der Waals surface area contributed by atoms with Crippen molar-refractivity contribution in [1.29, 1.82) is 0 Å². The molecule has 2 unspecified atom stereocenters. The standard InChI is InChI=1S/C13H26N2O3/c1-6-10(12(17)18-5)15-11(16)9(8-14)7-13(2,3)4/h9-10H,6-8,14H2,1-5H3,(H,15,16). The van der Waals surface area contributed by atoms with Crippen LogP contribution in [0.1, 0.15) is 40.5 Å². The highest BCUT2D eigenvalue weighted by Gasteiger charge is 2.27. The monoisotopic (exact) mass is 258 g/mol. The van der Waals surface area contributed by atoms with Crippen LogP contribution in [0.25, 0.3) is 0 Å². The molecule has 18 heavy (non-hydrogen) atoms. The molecule has 0 aromatic rings. The Morgan fingerprint density at radius 3 is 2.22 bits per heavy atom. The zero-order valence-electron chi connectivity index (χ0n) is 12.1. The molecule has 0 spiro atoms. The summed E-state index contributed by atoms with van der Waals surface area (Å²) in [5, 5.41) is 2.70. The van der Waals surface area contributed by atoms with Crippen LogP contribution < -0.4 is 11.1 Å². The predicted octanol–water partition coefficient (Wildman–Crippen LogP) is 1.07. The fourth-order valence-electron chi connectivity index (χ4n) is 1.78. The van der Waals surface area contributed by atoms with Gasteiger partial charge < -0.3 is 15.8 Å². The molecule has 0 fully saturated rings. The van der Waals surface area contributed by atoms with Crippen molar-refractivity contribution >= 4 is 11.9 Å². The molecule has 0 aliphatic carbocycles. The molecule has 0 saturated heterocycles. The van der Waals surface area contributed by atoms with Gasteiger partial charge in [0.25, 0.3) is 0 Å². The number of nitrogens with one attached hydrogen (secondary N) is 1. The lowest BCUT2D eigenvalue weighted by molar-refractivity contribution is -0.145. The lowest BCUT2D eigenvalue weighted by Crippen LogP contribution is -2.46. The summed E-state index contributed by atoms with van der Waals surface area (Å²) in [7, 11) is 1.31. The van der Waals surface area contributed by atoms with Gasteiger partial charge in [0.2, 0.25) is 5.91 Å². The van der Waals surface area contributed by atoms with Crippen LogP contribution in [0.5, 0.6) is 0 Å². The Morgan fingerprint density at radius 1 is 1.33 bits per heavy atom. The highest BCUT2D eigenvalue weighted by atomic mass is 16.5. The van der Waals surface area contributed by atoms with Gasteiger partial charge in [0, 0.05) is 6.54 Å². The van der Waals surface area contributed by atoms with E-state index in [1.807, 2.05) is 6.92 Å². The Labute approximate surface area is 109 Å². The van der Waals surface area contributed by atoms with Crippen LogP contribution in [0, 0.1) is 11.3 Å². The number of hydrogen-bond acceptors (Lipinski definition) is 4. The molecule has 106 valence electrons. The van der Waals surface area contributed by atoms with E-state index in [1.54, 1.807) is 0 Å². The van der Waals surface area contributed by atoms with Gasteiger partial charge in [0.15, 0.2) is 0 Å². The van der Waals surface area contributed by atoms with Crippen LogP contribution >= 0.6 is 0 Å². The Bertz CT molecular complexity index is 284. The summed E-state index contributed by atoms with van der Waals surface area (Å²) in [6.07, 6.45) is 1.19. The van der Waals surface area contributed by atoms with Crippen LogP contribution in [0.15, 0.2) is 0 Å². The van der Waals surface area contributed by atoms with E-state index in [4.69, 9.17) is 5.73 Å². The number of ether oxygens (including phenoxy) is 1. The van der Waals surface area contributed by atoms with Crippen molar-refractivity contribution in [2.24, 2.45) is 17.1 Å². The summed E-state index contributed by atoms with van der Waals surface area (Å²) in [5.41, 5.74) is 5.65. The maximum atomic E-state index is 12.0. The van der Waals surface area contributed by atoms with Crippen molar-refractivity contribution < 1.29 is 14.3 Å². The average molecular weight is 258 g/mol. The highest BCUT2D eigenvalue weighted by molar-refractivity contribution is 5.85. The number of esters is 1. The van der Waals surface area contributed by atoms with Crippen molar-refractivity contribution in [1.82, 2.24) is 5.32 Å². The van der Waals surface area contributed by atoms with E-state index >= 15 is 0 Å². The molecule has 2 atom stereocenters. The number of carbonyl (C=O) groups excluding carboxylic acids is 2. The summed E-state index contributed by atoms with van der Waals surface area (Å²) in [5.74, 6) is -0.870. The molecule has 0 rings (SSSR count). The molecule has 0 aliphatic rings. The minimum Gasteiger partial charge on any atom is -0.467 e. The fraction of sp³-hybridized carbons (Fsp3) is 0.846. The second kappa shape index (κ2) is 7.36. The van der Waals surface area contributed by atoms with Gasteiger partial charge in [0.1, 0.15) is 6.04 Å². The first-order valence-corrected chi connectivity index (χ1v) is 6.33. The molecule has 0 saturated carbocycles. The van der Waals surface area contributed by atoms with Gasteiger partial charge in [-0.3, -0.25) is 4.79 Å². The molecule has 0 aromatic carbocycles. The van der Waals surface area contributed by atoms with E-state index in [0.29, 0.717) is 12.8 Å². The van der Waals surface area contributed by atoms with Gasteiger partial charge in [-0.05, 0) is 18.3 Å². The number of hydrogen-bond donors (Lipinski definition) is 2. The molecule has 0 bridgehead atoms. The van der Waals surface area contributed by atoms with Gasteiger partial charge in [-0.25, -0.2) is 4.79 Å². The third-order valence-electron chi connectivity index (χ3n) is 2.72. The van der Waals surface area contributed by atoms with E-state index in [0.717, 1.165) is 0 Å². The summed E-state index contributed by atoms with van der Waals surface area (Å²) in [4.78, 5) is 23.4. The Kier molecular flexibility index (Phi) is 6.91. The smallest absolute Gasteiger partial charge is 0.328 e. The van der Waals surface area contributed by atoms with Crippen LogP contribution in [-0.2, 0) is 14.3 Å². The largest absolute Gasteiger partial charge is 0.467 e. The molecular weight excluding hydrogens is 232 g/mol. The van der Waals surface area contributed by atoms with Crippen molar-refractivity contribution in [3.63, 3.8) is 0 Å². The molecule has 1 amide bonds. The van der Waals surface area contributed by atoms with Crippen molar-refractivity contribution in [2.45, 2.75) is 46.6 Å². The first kappa shape index (κ1) is 16.9. The predicted molar refractivity (Wildman–Crippen MR) is 70.9 cm³/mol. The third kappa shape index (κ3) is 6.00. The van der Waals surface area contributed by atoms with E-state index in [-0.39, 0.29) is 23.8 Å². The zero-order valence-corrected chi connectivity index (χ0v) is 12.1. The topological polar surface area (TPSA) is 81.4 Å². The fourth-order valence-corrected chi connectivity index (χ4v) is 1.78. The average Bonchev–Trinajstić information content (AvgIpc) is 2.30. The maximum absolute atomic E-state index is 12.0. The van der Waals surface area contributed by atoms with Crippen LogP contribution in [0.4, 0.5) is 0 Å². The van der Waals surface area contributed by atoms with E-state index in [9.17, 15) is 9.59 Å². The minimum atomic E-state index is -0.587. The quantitative estimate of drug-likeness (QED) is 0.698. The van der Waals surface area contributed by atoms with Crippen LogP contribution in [-0.4, -0.2) is 31.6 Å². The van der Waals surface area contributed by atoms with E-state index in [1.165, 1.54) is 7.11 Å². The molecule has 0 heterocycles. The first-order valence-electron chi connectivity index (χ1n) is 6.33. The maximum Gasteiger partial charge on any atom is 0.328 e. The van der Waals surface area contributed by atoms with Gasteiger partial charge in [-0.1, -0.05) is 27.7 Å². The summed E-state index contributed by atoms with van der Waals surface area (Å²) >= 11 is 0. The van der Waals surface area contributed by atoms with Gasteiger partial charge in [-0.2, -0.15) is 0 Å². The molecule has 0 radical (unpaired) electrons.